The van der Waals surface area contributed by atoms with Crippen molar-refractivity contribution in [2.75, 3.05) is 27.3 Å². The van der Waals surface area contributed by atoms with Crippen molar-refractivity contribution < 1.29 is 19.4 Å². The van der Waals surface area contributed by atoms with Gasteiger partial charge in [-0.25, -0.2) is 0 Å². The van der Waals surface area contributed by atoms with Crippen molar-refractivity contribution >= 4 is 5.91 Å². The zero-order chi connectivity index (χ0) is 14.8. The van der Waals surface area contributed by atoms with Crippen molar-refractivity contribution in [3.05, 3.63) is 23.8 Å². The predicted octanol–water partition coefficient (Wildman–Crippen LogP) is 1.69. The van der Waals surface area contributed by atoms with Crippen LogP contribution in [0.15, 0.2) is 18.2 Å². The van der Waals surface area contributed by atoms with Crippen LogP contribution in [0, 0.1) is 0 Å². The van der Waals surface area contributed by atoms with E-state index < -0.39 is 5.60 Å². The number of rotatable bonds is 5. The molecule has 1 saturated heterocycles. The van der Waals surface area contributed by atoms with Crippen LogP contribution in [0.1, 0.15) is 30.1 Å². The summed E-state index contributed by atoms with van der Waals surface area (Å²) in [7, 11) is 3.05. The largest absolute Gasteiger partial charge is 0.496 e. The Kier molecular flexibility index (Phi) is 4.18. The Bertz CT molecular complexity index is 472. The van der Waals surface area contributed by atoms with Gasteiger partial charge in [-0.3, -0.25) is 4.79 Å². The summed E-state index contributed by atoms with van der Waals surface area (Å²) in [6.07, 6.45) is 1.61. The second kappa shape index (κ2) is 5.71. The van der Waals surface area contributed by atoms with Gasteiger partial charge in [0.05, 0.1) is 32.9 Å². The lowest BCUT2D eigenvalue weighted by Gasteiger charge is -2.46. The van der Waals surface area contributed by atoms with E-state index in [0.717, 1.165) is 6.42 Å². The van der Waals surface area contributed by atoms with Crippen LogP contribution in [-0.4, -0.2) is 48.8 Å². The fourth-order valence-electron chi connectivity index (χ4n) is 2.65. The number of ether oxygens (including phenoxy) is 2. The van der Waals surface area contributed by atoms with Gasteiger partial charge in [0.15, 0.2) is 0 Å². The molecule has 5 nitrogen and oxygen atoms in total. The van der Waals surface area contributed by atoms with Crippen molar-refractivity contribution in [2.24, 2.45) is 0 Å². The van der Waals surface area contributed by atoms with Crippen LogP contribution < -0.4 is 9.47 Å². The molecule has 1 fully saturated rings. The summed E-state index contributed by atoms with van der Waals surface area (Å²) in [5, 5.41) is 10.2. The summed E-state index contributed by atoms with van der Waals surface area (Å²) in [6, 6.07) is 5.24. The molecule has 5 heteroatoms. The van der Waals surface area contributed by atoms with Gasteiger partial charge in [-0.05, 0) is 18.6 Å². The highest BCUT2D eigenvalue weighted by Gasteiger charge is 2.44. The SMILES string of the molecule is CCCC1(O)CN(C(=O)c2c(OC)cccc2OC)C1. The molecule has 1 aliphatic rings. The highest BCUT2D eigenvalue weighted by molar-refractivity contribution is 6.00. The van der Waals surface area contributed by atoms with Crippen molar-refractivity contribution in [1.82, 2.24) is 4.90 Å². The summed E-state index contributed by atoms with van der Waals surface area (Å²) in [4.78, 5) is 14.2. The molecule has 1 aliphatic heterocycles. The number of β-amino-alcohol motifs (C(OH)–C–C–N with tert-alkyl or cyclic N) is 1. The zero-order valence-electron chi connectivity index (χ0n) is 12.2. The van der Waals surface area contributed by atoms with E-state index in [9.17, 15) is 9.90 Å². The van der Waals surface area contributed by atoms with Crippen LogP contribution >= 0.6 is 0 Å². The van der Waals surface area contributed by atoms with E-state index >= 15 is 0 Å². The molecule has 0 unspecified atom stereocenters. The first kappa shape index (κ1) is 14.7. The number of hydrogen-bond acceptors (Lipinski definition) is 4. The van der Waals surface area contributed by atoms with Gasteiger partial charge in [0.1, 0.15) is 17.1 Å². The number of hydrogen-bond donors (Lipinski definition) is 1. The Morgan fingerprint density at radius 2 is 1.85 bits per heavy atom. The molecule has 1 N–H and O–H groups in total. The summed E-state index contributed by atoms with van der Waals surface area (Å²) in [6.45, 7) is 2.74. The Labute approximate surface area is 119 Å². The second-order valence-electron chi connectivity index (χ2n) is 5.17. The van der Waals surface area contributed by atoms with Gasteiger partial charge >= 0.3 is 0 Å². The first-order chi connectivity index (χ1) is 9.54. The fraction of sp³-hybridized carbons (Fsp3) is 0.533. The van der Waals surface area contributed by atoms with Crippen LogP contribution in [-0.2, 0) is 0 Å². The number of amides is 1. The van der Waals surface area contributed by atoms with Crippen LogP contribution in [0.2, 0.25) is 0 Å². The van der Waals surface area contributed by atoms with Crippen molar-refractivity contribution in [2.45, 2.75) is 25.4 Å². The normalized spacial score (nSPS) is 16.5. The van der Waals surface area contributed by atoms with E-state index in [-0.39, 0.29) is 5.91 Å². The average Bonchev–Trinajstić information content (AvgIpc) is 2.43. The molecule has 1 aromatic rings. The van der Waals surface area contributed by atoms with Gasteiger partial charge in [-0.2, -0.15) is 0 Å². The van der Waals surface area contributed by atoms with Crippen molar-refractivity contribution in [1.29, 1.82) is 0 Å². The highest BCUT2D eigenvalue weighted by atomic mass is 16.5. The fourth-order valence-corrected chi connectivity index (χ4v) is 2.65. The minimum atomic E-state index is -0.736. The number of nitrogens with zero attached hydrogens (tertiary/aromatic N) is 1. The average molecular weight is 279 g/mol. The molecule has 0 radical (unpaired) electrons. The Morgan fingerprint density at radius 3 is 2.30 bits per heavy atom. The number of carbonyl (C=O) groups is 1. The van der Waals surface area contributed by atoms with E-state index in [1.54, 1.807) is 23.1 Å². The van der Waals surface area contributed by atoms with Crippen LogP contribution in [0.3, 0.4) is 0 Å². The molecular formula is C15H21NO4. The quantitative estimate of drug-likeness (QED) is 0.891. The first-order valence-electron chi connectivity index (χ1n) is 6.77. The topological polar surface area (TPSA) is 59.0 Å². The standard InChI is InChI=1S/C15H21NO4/c1-4-8-15(18)9-16(10-15)14(17)13-11(19-2)6-5-7-12(13)20-3/h5-7,18H,4,8-10H2,1-3H3. The minimum Gasteiger partial charge on any atom is -0.496 e. The number of likely N-dealkylation sites (tertiary alicyclic amines) is 1. The second-order valence-corrected chi connectivity index (χ2v) is 5.17. The molecular weight excluding hydrogens is 258 g/mol. The molecule has 1 heterocycles. The van der Waals surface area contributed by atoms with Gasteiger partial charge in [-0.15, -0.1) is 0 Å². The molecule has 0 atom stereocenters. The van der Waals surface area contributed by atoms with E-state index in [2.05, 4.69) is 0 Å². The third-order valence-corrected chi connectivity index (χ3v) is 3.61. The molecule has 110 valence electrons. The molecule has 1 aromatic carbocycles. The Morgan fingerprint density at radius 1 is 1.30 bits per heavy atom. The highest BCUT2D eigenvalue weighted by Crippen LogP contribution is 2.33. The number of carbonyl (C=O) groups excluding carboxylic acids is 1. The molecule has 20 heavy (non-hydrogen) atoms. The molecule has 2 rings (SSSR count). The third kappa shape index (κ3) is 2.58. The lowest BCUT2D eigenvalue weighted by molar-refractivity contribution is -0.0861. The first-order valence-corrected chi connectivity index (χ1v) is 6.77. The van der Waals surface area contributed by atoms with Crippen LogP contribution in [0.5, 0.6) is 11.5 Å². The molecule has 0 spiro atoms. The Hall–Kier alpha value is -1.75. The van der Waals surface area contributed by atoms with Gasteiger partial charge < -0.3 is 19.5 Å². The third-order valence-electron chi connectivity index (χ3n) is 3.61. The maximum absolute atomic E-state index is 12.5. The van der Waals surface area contributed by atoms with Gasteiger partial charge in [0.2, 0.25) is 0 Å². The Balaban J connectivity index is 2.19. The summed E-state index contributed by atoms with van der Waals surface area (Å²) < 4.78 is 10.5. The van der Waals surface area contributed by atoms with E-state index in [0.29, 0.717) is 36.6 Å². The zero-order valence-corrected chi connectivity index (χ0v) is 12.2. The van der Waals surface area contributed by atoms with Gasteiger partial charge in [-0.1, -0.05) is 19.4 Å². The van der Waals surface area contributed by atoms with Crippen LogP contribution in [0.25, 0.3) is 0 Å². The monoisotopic (exact) mass is 279 g/mol. The maximum Gasteiger partial charge on any atom is 0.261 e. The summed E-state index contributed by atoms with van der Waals surface area (Å²) in [5.74, 6) is 0.806. The molecule has 0 bridgehead atoms. The van der Waals surface area contributed by atoms with Crippen LogP contribution in [0.4, 0.5) is 0 Å². The lowest BCUT2D eigenvalue weighted by atomic mass is 9.88. The molecule has 0 saturated carbocycles. The number of methoxy groups -OCH3 is 2. The van der Waals surface area contributed by atoms with Gasteiger partial charge in [0.25, 0.3) is 5.91 Å². The van der Waals surface area contributed by atoms with E-state index in [4.69, 9.17) is 9.47 Å². The van der Waals surface area contributed by atoms with Crippen molar-refractivity contribution in [3.63, 3.8) is 0 Å². The minimum absolute atomic E-state index is 0.167. The molecule has 1 amide bonds. The smallest absolute Gasteiger partial charge is 0.261 e. The number of benzene rings is 1. The van der Waals surface area contributed by atoms with Gasteiger partial charge in [0, 0.05) is 0 Å². The van der Waals surface area contributed by atoms with E-state index in [1.807, 2.05) is 6.92 Å². The summed E-state index contributed by atoms with van der Waals surface area (Å²) >= 11 is 0. The summed E-state index contributed by atoms with van der Waals surface area (Å²) in [5.41, 5.74) is -0.323. The molecule has 0 aromatic heterocycles. The predicted molar refractivity (Wildman–Crippen MR) is 75.3 cm³/mol. The lowest BCUT2D eigenvalue weighted by Crippen LogP contribution is -2.63. The molecule has 0 aliphatic carbocycles. The maximum atomic E-state index is 12.5. The van der Waals surface area contributed by atoms with E-state index in [1.165, 1.54) is 14.2 Å². The number of aliphatic hydroxyl groups is 1. The van der Waals surface area contributed by atoms with Crippen molar-refractivity contribution in [3.8, 4) is 11.5 Å².